The molecule has 0 fully saturated rings. The molecule has 0 bridgehead atoms. The highest BCUT2D eigenvalue weighted by molar-refractivity contribution is 6.04. The normalized spacial score (nSPS) is 11.2. The molecule has 2 aromatic heterocycles. The van der Waals surface area contributed by atoms with Gasteiger partial charge in [0.1, 0.15) is 11.6 Å². The third-order valence-electron chi connectivity index (χ3n) is 5.23. The molecule has 0 aliphatic carbocycles. The Morgan fingerprint density at radius 2 is 1.84 bits per heavy atom. The van der Waals surface area contributed by atoms with Gasteiger partial charge in [-0.3, -0.25) is 4.79 Å². The fraction of sp³-hybridized carbons (Fsp3) is 0.417. The Labute approximate surface area is 187 Å². The Morgan fingerprint density at radius 1 is 1.16 bits per heavy atom. The Bertz CT molecular complexity index is 1110. The Kier molecular flexibility index (Phi) is 8.19. The summed E-state index contributed by atoms with van der Waals surface area (Å²) in [6.07, 6.45) is 2.44. The number of hydrogen-bond acceptors (Lipinski definition) is 6. The molecule has 0 aliphatic heterocycles. The largest absolute Gasteiger partial charge is 0.462 e. The lowest BCUT2D eigenvalue weighted by Gasteiger charge is -2.07. The van der Waals surface area contributed by atoms with E-state index in [0.29, 0.717) is 16.8 Å². The second kappa shape index (κ2) is 10.6. The van der Waals surface area contributed by atoms with Crippen LogP contribution in [0.25, 0.3) is 6.08 Å². The van der Waals surface area contributed by atoms with Crippen molar-refractivity contribution < 1.29 is 23.9 Å². The molecule has 0 amide bonds. The number of nitrogens with one attached hydrogen (secondary N) is 1. The number of aromatic nitrogens is 2. The van der Waals surface area contributed by atoms with Gasteiger partial charge in [-0.05, 0) is 64.3 Å². The lowest BCUT2D eigenvalue weighted by Crippen LogP contribution is -2.16. The number of aryl methyl sites for hydroxylation is 2. The van der Waals surface area contributed by atoms with Crippen LogP contribution < -0.4 is 0 Å². The lowest BCUT2D eigenvalue weighted by atomic mass is 10.1. The molecule has 0 saturated heterocycles. The molecule has 0 unspecified atom stereocenters. The predicted octanol–water partition coefficient (Wildman–Crippen LogP) is 3.97. The summed E-state index contributed by atoms with van der Waals surface area (Å²) in [5.41, 5.74) is 3.94. The average molecular weight is 440 g/mol. The van der Waals surface area contributed by atoms with Crippen LogP contribution in [0.4, 0.5) is 0 Å². The molecule has 2 heterocycles. The minimum absolute atomic E-state index is 0.170. The zero-order valence-electron chi connectivity index (χ0n) is 19.4. The molecule has 0 spiro atoms. The number of rotatable bonds is 9. The first-order chi connectivity index (χ1) is 15.2. The third kappa shape index (κ3) is 5.17. The molecule has 170 valence electrons. The molecular weight excluding hydrogens is 410 g/mol. The molecular formula is C24H29N3O5. The molecule has 2 rings (SSSR count). The van der Waals surface area contributed by atoms with Gasteiger partial charge >= 0.3 is 11.9 Å². The number of ketones is 1. The first-order valence-electron chi connectivity index (χ1n) is 10.5. The monoisotopic (exact) mass is 439 g/mol. The van der Waals surface area contributed by atoms with Crippen molar-refractivity contribution in [3.05, 3.63) is 51.1 Å². The highest BCUT2D eigenvalue weighted by atomic mass is 16.5. The quantitative estimate of drug-likeness (QED) is 0.274. The van der Waals surface area contributed by atoms with E-state index in [1.165, 1.54) is 6.08 Å². The second-order valence-electron chi connectivity index (χ2n) is 7.49. The molecule has 8 nitrogen and oxygen atoms in total. The van der Waals surface area contributed by atoms with Gasteiger partial charge in [0.25, 0.3) is 0 Å². The zero-order chi connectivity index (χ0) is 24.0. The van der Waals surface area contributed by atoms with Crippen molar-refractivity contribution in [2.75, 3.05) is 13.2 Å². The van der Waals surface area contributed by atoms with Gasteiger partial charge in [0, 0.05) is 23.6 Å². The fourth-order valence-corrected chi connectivity index (χ4v) is 3.65. The summed E-state index contributed by atoms with van der Waals surface area (Å²) in [5.74, 6) is -1.91. The van der Waals surface area contributed by atoms with Gasteiger partial charge in [0.05, 0.1) is 17.9 Å². The molecule has 0 saturated carbocycles. The van der Waals surface area contributed by atoms with Crippen LogP contribution in [0, 0.1) is 39.0 Å². The maximum absolute atomic E-state index is 12.6. The molecule has 32 heavy (non-hydrogen) atoms. The van der Waals surface area contributed by atoms with Gasteiger partial charge < -0.3 is 19.0 Å². The smallest absolute Gasteiger partial charge is 0.349 e. The van der Waals surface area contributed by atoms with E-state index in [0.717, 1.165) is 29.9 Å². The highest BCUT2D eigenvalue weighted by Gasteiger charge is 2.24. The van der Waals surface area contributed by atoms with Gasteiger partial charge in [0.2, 0.25) is 5.78 Å². The number of esters is 2. The molecule has 8 heteroatoms. The van der Waals surface area contributed by atoms with E-state index >= 15 is 0 Å². The van der Waals surface area contributed by atoms with E-state index in [1.54, 1.807) is 20.8 Å². The topological polar surface area (TPSA) is 114 Å². The van der Waals surface area contributed by atoms with Crippen LogP contribution in [0.3, 0.4) is 0 Å². The number of aromatic amines is 1. The van der Waals surface area contributed by atoms with Crippen LogP contribution >= 0.6 is 0 Å². The van der Waals surface area contributed by atoms with Gasteiger partial charge in [-0.2, -0.15) is 5.26 Å². The van der Waals surface area contributed by atoms with Crippen LogP contribution in [-0.4, -0.2) is 40.5 Å². The fourth-order valence-electron chi connectivity index (χ4n) is 3.65. The van der Waals surface area contributed by atoms with Crippen LogP contribution in [0.2, 0.25) is 0 Å². The van der Waals surface area contributed by atoms with E-state index in [4.69, 9.17) is 9.47 Å². The number of carbonyl (C=O) groups excluding carboxylic acids is 3. The Morgan fingerprint density at radius 3 is 2.44 bits per heavy atom. The van der Waals surface area contributed by atoms with E-state index in [-0.39, 0.29) is 17.9 Å². The van der Waals surface area contributed by atoms with Crippen molar-refractivity contribution in [3.63, 3.8) is 0 Å². The van der Waals surface area contributed by atoms with E-state index in [9.17, 15) is 19.6 Å². The van der Waals surface area contributed by atoms with E-state index < -0.39 is 24.3 Å². The summed E-state index contributed by atoms with van der Waals surface area (Å²) >= 11 is 0. The summed E-state index contributed by atoms with van der Waals surface area (Å²) in [6.45, 7) is 11.4. The first-order valence-corrected chi connectivity index (χ1v) is 10.5. The van der Waals surface area contributed by atoms with Gasteiger partial charge in [-0.15, -0.1) is 0 Å². The average Bonchev–Trinajstić information content (AvgIpc) is 3.19. The lowest BCUT2D eigenvalue weighted by molar-refractivity contribution is -0.137. The van der Waals surface area contributed by atoms with Crippen molar-refractivity contribution in [1.82, 2.24) is 9.55 Å². The number of Topliss-reactive ketones (excluding diaryl/α,β-unsaturated/α-hetero) is 1. The highest BCUT2D eigenvalue weighted by Crippen LogP contribution is 2.21. The number of nitrogens with zero attached hydrogens (tertiary/aromatic N) is 2. The minimum Gasteiger partial charge on any atom is -0.462 e. The van der Waals surface area contributed by atoms with Crippen molar-refractivity contribution in [2.24, 2.45) is 0 Å². The Balaban J connectivity index is 2.16. The molecule has 2 aromatic rings. The van der Waals surface area contributed by atoms with Gasteiger partial charge in [-0.25, -0.2) is 9.59 Å². The van der Waals surface area contributed by atoms with Crippen LogP contribution in [0.5, 0.6) is 0 Å². The molecule has 0 aromatic carbocycles. The van der Waals surface area contributed by atoms with Crippen LogP contribution in [0.1, 0.15) is 69.3 Å². The van der Waals surface area contributed by atoms with E-state index in [1.807, 2.05) is 26.0 Å². The predicted molar refractivity (Wildman–Crippen MR) is 119 cm³/mol. The summed E-state index contributed by atoms with van der Waals surface area (Å²) in [4.78, 5) is 40.0. The number of carbonyl (C=O) groups is 3. The number of ether oxygens (including phenoxy) is 2. The molecule has 0 aliphatic rings. The molecule has 0 radical (unpaired) electrons. The van der Waals surface area contributed by atoms with Crippen LogP contribution in [0.15, 0.2) is 11.6 Å². The van der Waals surface area contributed by atoms with Crippen molar-refractivity contribution in [1.29, 1.82) is 5.26 Å². The summed E-state index contributed by atoms with van der Waals surface area (Å²) in [7, 11) is 0. The Hall–Kier alpha value is -3.60. The maximum atomic E-state index is 12.6. The number of nitriles is 1. The first kappa shape index (κ1) is 24.7. The van der Waals surface area contributed by atoms with Gasteiger partial charge in [-0.1, -0.05) is 6.92 Å². The summed E-state index contributed by atoms with van der Waals surface area (Å²) < 4.78 is 12.2. The van der Waals surface area contributed by atoms with Crippen molar-refractivity contribution in [2.45, 2.75) is 54.5 Å². The van der Waals surface area contributed by atoms with Crippen molar-refractivity contribution >= 4 is 23.8 Å². The third-order valence-corrected chi connectivity index (χ3v) is 5.23. The van der Waals surface area contributed by atoms with E-state index in [2.05, 4.69) is 16.5 Å². The summed E-state index contributed by atoms with van der Waals surface area (Å²) in [5, 5.41) is 9.44. The summed E-state index contributed by atoms with van der Waals surface area (Å²) in [6, 6.07) is 3.76. The SMILES string of the molecule is CCCn1c(C)cc(C=C(C#N)C(=O)OCC(=O)c2[nH]c(C)c(C(=O)OCC)c2C)c1C. The second-order valence-corrected chi connectivity index (χ2v) is 7.49. The number of hydrogen-bond donors (Lipinski definition) is 1. The molecule has 0 atom stereocenters. The minimum atomic E-state index is -0.882. The van der Waals surface area contributed by atoms with Gasteiger partial charge in [0.15, 0.2) is 6.61 Å². The van der Waals surface area contributed by atoms with Crippen LogP contribution in [-0.2, 0) is 20.8 Å². The number of H-pyrrole nitrogens is 1. The van der Waals surface area contributed by atoms with Crippen molar-refractivity contribution in [3.8, 4) is 6.07 Å². The molecule has 1 N–H and O–H groups in total. The zero-order valence-corrected chi connectivity index (χ0v) is 19.4. The maximum Gasteiger partial charge on any atom is 0.349 e. The standard InChI is InChI=1S/C24H29N3O5/c1-7-9-27-14(3)10-18(17(27)6)11-19(12-25)23(29)32-13-20(28)22-15(4)21(16(5)26-22)24(30)31-8-2/h10-11,26H,7-9,13H2,1-6H3.